The van der Waals surface area contributed by atoms with Crippen molar-refractivity contribution >= 4 is 11.9 Å². The number of carbonyl (C=O) groups is 1. The quantitative estimate of drug-likeness (QED) is 0.155. The first-order valence-electron chi connectivity index (χ1n) is 10.6. The van der Waals surface area contributed by atoms with E-state index in [9.17, 15) is 4.79 Å². The highest BCUT2D eigenvalue weighted by molar-refractivity contribution is 6.06. The van der Waals surface area contributed by atoms with Crippen molar-refractivity contribution in [2.75, 3.05) is 19.8 Å². The van der Waals surface area contributed by atoms with Crippen molar-refractivity contribution in [1.82, 2.24) is 0 Å². The van der Waals surface area contributed by atoms with Gasteiger partial charge in [-0.3, -0.25) is 4.79 Å². The summed E-state index contributed by atoms with van der Waals surface area (Å²) in [4.78, 5) is 12.5. The summed E-state index contributed by atoms with van der Waals surface area (Å²) in [5.41, 5.74) is 1.50. The van der Waals surface area contributed by atoms with Crippen molar-refractivity contribution in [3.63, 3.8) is 0 Å². The lowest BCUT2D eigenvalue weighted by atomic mass is 10.1. The first-order valence-corrected chi connectivity index (χ1v) is 10.6. The molecule has 0 atom stereocenters. The molecule has 0 aromatic heterocycles. The molecule has 0 aliphatic rings. The molecule has 0 unspecified atom stereocenters. The van der Waals surface area contributed by atoms with Crippen LogP contribution in [0.2, 0.25) is 0 Å². The van der Waals surface area contributed by atoms with Crippen molar-refractivity contribution < 1.29 is 19.0 Å². The van der Waals surface area contributed by atoms with E-state index in [4.69, 9.17) is 14.2 Å². The second kappa shape index (κ2) is 13.3. The summed E-state index contributed by atoms with van der Waals surface area (Å²) in [5.74, 6) is 2.11. The maximum Gasteiger partial charge on any atom is 0.185 e. The van der Waals surface area contributed by atoms with Crippen LogP contribution in [0.5, 0.6) is 17.2 Å². The van der Waals surface area contributed by atoms with Gasteiger partial charge in [0.2, 0.25) is 0 Å². The lowest BCUT2D eigenvalue weighted by Crippen LogP contribution is -2.02. The summed E-state index contributed by atoms with van der Waals surface area (Å²) in [6.07, 6.45) is 9.19. The van der Waals surface area contributed by atoms with Gasteiger partial charge in [-0.15, -0.1) is 0 Å². The minimum absolute atomic E-state index is 0.0676. The van der Waals surface area contributed by atoms with Crippen molar-refractivity contribution in [2.45, 2.75) is 39.5 Å². The van der Waals surface area contributed by atoms with Gasteiger partial charge in [0.1, 0.15) is 12.4 Å². The van der Waals surface area contributed by atoms with E-state index >= 15 is 0 Å². The van der Waals surface area contributed by atoms with Crippen molar-refractivity contribution in [3.8, 4) is 17.2 Å². The van der Waals surface area contributed by atoms with Gasteiger partial charge in [0, 0.05) is 5.56 Å². The molecule has 0 radical (unpaired) electrons. The number of ether oxygens (including phenoxy) is 3. The Kier molecular flexibility index (Phi) is 10.3. The molecule has 0 heterocycles. The standard InChI is InChI=1S/C26H32O4/c1-4-7-18-29-25-16-10-21(20-26(25)30-19-8-5-2)9-15-24(27)22-11-13-23(14-12-22)28-17-6-3/h6,9-16,20H,3-5,7-8,17-19H2,1-2H3. The molecule has 0 aliphatic heterocycles. The molecule has 4 nitrogen and oxygen atoms in total. The molecule has 30 heavy (non-hydrogen) atoms. The highest BCUT2D eigenvalue weighted by Crippen LogP contribution is 2.29. The number of unbranched alkanes of at least 4 members (excludes halogenated alkanes) is 2. The molecule has 2 aromatic carbocycles. The molecule has 0 N–H and O–H groups in total. The summed E-state index contributed by atoms with van der Waals surface area (Å²) in [6, 6.07) is 12.9. The monoisotopic (exact) mass is 408 g/mol. The molecule has 4 heteroatoms. The number of ketones is 1. The predicted molar refractivity (Wildman–Crippen MR) is 123 cm³/mol. The zero-order valence-electron chi connectivity index (χ0n) is 18.1. The molecule has 0 saturated carbocycles. The van der Waals surface area contributed by atoms with E-state index in [0.717, 1.165) is 42.7 Å². The van der Waals surface area contributed by atoms with Crippen LogP contribution in [0.25, 0.3) is 6.08 Å². The van der Waals surface area contributed by atoms with Gasteiger partial charge in [0.25, 0.3) is 0 Å². The van der Waals surface area contributed by atoms with E-state index in [1.807, 2.05) is 18.2 Å². The normalized spacial score (nSPS) is 10.7. The highest BCUT2D eigenvalue weighted by atomic mass is 16.5. The Morgan fingerprint density at radius 1 is 0.900 bits per heavy atom. The first-order chi connectivity index (χ1) is 14.7. The summed E-state index contributed by atoms with van der Waals surface area (Å²) in [6.45, 7) is 9.64. The first kappa shape index (κ1) is 23.3. The van der Waals surface area contributed by atoms with Crippen LogP contribution < -0.4 is 14.2 Å². The van der Waals surface area contributed by atoms with E-state index < -0.39 is 0 Å². The highest BCUT2D eigenvalue weighted by Gasteiger charge is 2.07. The van der Waals surface area contributed by atoms with Crippen LogP contribution in [0, 0.1) is 0 Å². The fourth-order valence-electron chi connectivity index (χ4n) is 2.65. The Morgan fingerprint density at radius 3 is 2.20 bits per heavy atom. The van der Waals surface area contributed by atoms with E-state index in [1.165, 1.54) is 0 Å². The third-order valence-corrected chi connectivity index (χ3v) is 4.41. The SMILES string of the molecule is C=CCOc1ccc(C(=O)C=Cc2ccc(OCCCC)c(OCCCC)c2)cc1. The van der Waals surface area contributed by atoms with Gasteiger partial charge < -0.3 is 14.2 Å². The van der Waals surface area contributed by atoms with Gasteiger partial charge in [-0.1, -0.05) is 51.5 Å². The van der Waals surface area contributed by atoms with Crippen LogP contribution in [0.1, 0.15) is 55.5 Å². The van der Waals surface area contributed by atoms with Crippen LogP contribution in [0.15, 0.2) is 61.2 Å². The summed E-state index contributed by atoms with van der Waals surface area (Å²) in [7, 11) is 0. The Morgan fingerprint density at radius 2 is 1.57 bits per heavy atom. The maximum absolute atomic E-state index is 12.5. The second-order valence-corrected chi connectivity index (χ2v) is 6.93. The average Bonchev–Trinajstić information content (AvgIpc) is 2.78. The van der Waals surface area contributed by atoms with Crippen molar-refractivity contribution in [2.24, 2.45) is 0 Å². The van der Waals surface area contributed by atoms with Gasteiger partial charge in [0.05, 0.1) is 13.2 Å². The largest absolute Gasteiger partial charge is 0.490 e. The Bertz CT molecular complexity index is 821. The third kappa shape index (κ3) is 7.78. The fraction of sp³-hybridized carbons (Fsp3) is 0.346. The molecular weight excluding hydrogens is 376 g/mol. The second-order valence-electron chi connectivity index (χ2n) is 6.93. The zero-order valence-corrected chi connectivity index (χ0v) is 18.1. The van der Waals surface area contributed by atoms with E-state index in [2.05, 4.69) is 20.4 Å². The minimum Gasteiger partial charge on any atom is -0.490 e. The summed E-state index contributed by atoms with van der Waals surface area (Å²) in [5, 5.41) is 0. The van der Waals surface area contributed by atoms with Gasteiger partial charge in [-0.25, -0.2) is 0 Å². The molecule has 0 amide bonds. The molecule has 0 bridgehead atoms. The van der Waals surface area contributed by atoms with Crippen molar-refractivity contribution in [1.29, 1.82) is 0 Å². The predicted octanol–water partition coefficient (Wildman–Crippen LogP) is 6.51. The summed E-state index contributed by atoms with van der Waals surface area (Å²) >= 11 is 0. The number of hydrogen-bond donors (Lipinski definition) is 0. The molecule has 160 valence electrons. The molecular formula is C26H32O4. The fourth-order valence-corrected chi connectivity index (χ4v) is 2.65. The topological polar surface area (TPSA) is 44.8 Å². The van der Waals surface area contributed by atoms with Crippen LogP contribution >= 0.6 is 0 Å². The summed E-state index contributed by atoms with van der Waals surface area (Å²) < 4.78 is 17.2. The Hall–Kier alpha value is -3.01. The zero-order chi connectivity index (χ0) is 21.6. The van der Waals surface area contributed by atoms with Crippen LogP contribution in [0.4, 0.5) is 0 Å². The van der Waals surface area contributed by atoms with Gasteiger partial charge in [-0.05, 0) is 60.9 Å². The smallest absolute Gasteiger partial charge is 0.185 e. The van der Waals surface area contributed by atoms with Crippen molar-refractivity contribution in [3.05, 3.63) is 72.3 Å². The van der Waals surface area contributed by atoms with Gasteiger partial charge >= 0.3 is 0 Å². The van der Waals surface area contributed by atoms with Crippen LogP contribution in [-0.4, -0.2) is 25.6 Å². The molecule has 0 fully saturated rings. The molecule has 2 rings (SSSR count). The van der Waals surface area contributed by atoms with Gasteiger partial charge in [0.15, 0.2) is 17.3 Å². The molecule has 0 saturated heterocycles. The average molecular weight is 409 g/mol. The minimum atomic E-state index is -0.0676. The Labute approximate surface area is 180 Å². The number of allylic oxidation sites excluding steroid dienone is 1. The lowest BCUT2D eigenvalue weighted by molar-refractivity contribution is 0.104. The van der Waals surface area contributed by atoms with Crippen LogP contribution in [0.3, 0.4) is 0 Å². The Balaban J connectivity index is 2.07. The molecule has 2 aromatic rings. The maximum atomic E-state index is 12.5. The van der Waals surface area contributed by atoms with Crippen LogP contribution in [-0.2, 0) is 0 Å². The number of benzene rings is 2. The molecule has 0 aliphatic carbocycles. The number of carbonyl (C=O) groups excluding carboxylic acids is 1. The lowest BCUT2D eigenvalue weighted by Gasteiger charge is -2.13. The number of hydrogen-bond acceptors (Lipinski definition) is 4. The number of rotatable bonds is 14. The van der Waals surface area contributed by atoms with E-state index in [-0.39, 0.29) is 5.78 Å². The molecule has 0 spiro atoms. The van der Waals surface area contributed by atoms with E-state index in [1.54, 1.807) is 42.5 Å². The van der Waals surface area contributed by atoms with Gasteiger partial charge in [-0.2, -0.15) is 0 Å². The third-order valence-electron chi connectivity index (χ3n) is 4.41. The van der Waals surface area contributed by atoms with E-state index in [0.29, 0.717) is 31.1 Å².